The fourth-order valence-electron chi connectivity index (χ4n) is 2.56. The molecule has 18 heavy (non-hydrogen) atoms. The number of benzene rings is 2. The van der Waals surface area contributed by atoms with Gasteiger partial charge in [0.05, 0.1) is 5.57 Å². The summed E-state index contributed by atoms with van der Waals surface area (Å²) in [7, 11) is 0. The first kappa shape index (κ1) is 10.8. The molecule has 2 aromatic carbocycles. The summed E-state index contributed by atoms with van der Waals surface area (Å²) in [6, 6.07) is 13.9. The number of carbonyl (C=O) groups is 1. The molecule has 0 amide bonds. The van der Waals surface area contributed by atoms with Gasteiger partial charge in [0.1, 0.15) is 0 Å². The molecule has 0 heterocycles. The Labute approximate surface area is 105 Å². The first-order valence-electron chi connectivity index (χ1n) is 5.81. The highest BCUT2D eigenvalue weighted by Crippen LogP contribution is 2.39. The van der Waals surface area contributed by atoms with E-state index in [0.717, 1.165) is 23.1 Å². The Morgan fingerprint density at radius 3 is 2.56 bits per heavy atom. The molecule has 0 aromatic heterocycles. The summed E-state index contributed by atoms with van der Waals surface area (Å²) in [5.41, 5.74) is 5.57. The topological polar surface area (TPSA) is 37.3 Å². The number of hydrogen-bond acceptors (Lipinski definition) is 1. The summed E-state index contributed by atoms with van der Waals surface area (Å²) >= 11 is 0. The van der Waals surface area contributed by atoms with Gasteiger partial charge in [-0.2, -0.15) is 0 Å². The van der Waals surface area contributed by atoms with Crippen molar-refractivity contribution < 1.29 is 9.90 Å². The Morgan fingerprint density at radius 1 is 1.06 bits per heavy atom. The number of carboxylic acid groups (broad SMARTS) is 1. The van der Waals surface area contributed by atoms with Crippen LogP contribution in [0.4, 0.5) is 0 Å². The van der Waals surface area contributed by atoms with Gasteiger partial charge in [0.15, 0.2) is 0 Å². The van der Waals surface area contributed by atoms with Crippen molar-refractivity contribution in [2.75, 3.05) is 0 Å². The van der Waals surface area contributed by atoms with Crippen LogP contribution in [-0.4, -0.2) is 11.1 Å². The van der Waals surface area contributed by atoms with Crippen LogP contribution in [0.3, 0.4) is 0 Å². The minimum absolute atomic E-state index is 0.166. The Balaban J connectivity index is 2.20. The normalized spacial score (nSPS) is 11.8. The van der Waals surface area contributed by atoms with Gasteiger partial charge in [-0.1, -0.05) is 49.0 Å². The van der Waals surface area contributed by atoms with Crippen LogP contribution in [0.15, 0.2) is 49.0 Å². The highest BCUT2D eigenvalue weighted by Gasteiger charge is 2.22. The molecule has 88 valence electrons. The van der Waals surface area contributed by atoms with Crippen molar-refractivity contribution in [3.05, 3.63) is 65.7 Å². The molecule has 2 nitrogen and oxygen atoms in total. The number of fused-ring (bicyclic) bond motifs is 3. The Hall–Kier alpha value is -2.35. The molecule has 1 N–H and O–H groups in total. The SMILES string of the molecule is C=C(C(=O)O)c1cccc2c1Cc1ccccc1-2. The van der Waals surface area contributed by atoms with E-state index >= 15 is 0 Å². The van der Waals surface area contributed by atoms with Gasteiger partial charge in [-0.05, 0) is 34.2 Å². The van der Waals surface area contributed by atoms with Crippen LogP contribution in [0.5, 0.6) is 0 Å². The maximum atomic E-state index is 11.1. The Bertz CT molecular complexity index is 669. The molecule has 0 aliphatic heterocycles. The van der Waals surface area contributed by atoms with E-state index in [4.69, 9.17) is 5.11 Å². The molecule has 0 saturated heterocycles. The summed E-state index contributed by atoms with van der Waals surface area (Å²) in [6.45, 7) is 3.67. The van der Waals surface area contributed by atoms with E-state index in [0.29, 0.717) is 0 Å². The van der Waals surface area contributed by atoms with Gasteiger partial charge in [-0.3, -0.25) is 0 Å². The number of aliphatic carboxylic acids is 1. The smallest absolute Gasteiger partial charge is 0.335 e. The van der Waals surface area contributed by atoms with Gasteiger partial charge in [0.25, 0.3) is 0 Å². The van der Waals surface area contributed by atoms with Crippen molar-refractivity contribution in [2.24, 2.45) is 0 Å². The van der Waals surface area contributed by atoms with Crippen molar-refractivity contribution in [3.63, 3.8) is 0 Å². The Kier molecular flexibility index (Phi) is 2.30. The number of carboxylic acids is 1. The molecule has 1 aliphatic carbocycles. The molecule has 2 aromatic rings. The van der Waals surface area contributed by atoms with Gasteiger partial charge >= 0.3 is 5.97 Å². The van der Waals surface area contributed by atoms with E-state index in [1.165, 1.54) is 11.1 Å². The molecule has 0 unspecified atom stereocenters. The van der Waals surface area contributed by atoms with Crippen LogP contribution in [-0.2, 0) is 11.2 Å². The third-order valence-corrected chi connectivity index (χ3v) is 3.43. The highest BCUT2D eigenvalue weighted by atomic mass is 16.4. The molecule has 0 saturated carbocycles. The maximum Gasteiger partial charge on any atom is 0.335 e. The lowest BCUT2D eigenvalue weighted by molar-refractivity contribution is -0.130. The predicted octanol–water partition coefficient (Wildman–Crippen LogP) is 3.36. The lowest BCUT2D eigenvalue weighted by Gasteiger charge is -2.07. The molecule has 1 aliphatic rings. The van der Waals surface area contributed by atoms with Gasteiger partial charge in [-0.15, -0.1) is 0 Å². The van der Waals surface area contributed by atoms with Crippen molar-refractivity contribution >= 4 is 11.5 Å². The second kappa shape index (κ2) is 3.84. The van der Waals surface area contributed by atoms with Gasteiger partial charge < -0.3 is 5.11 Å². The highest BCUT2D eigenvalue weighted by molar-refractivity contribution is 6.15. The van der Waals surface area contributed by atoms with E-state index in [2.05, 4.69) is 18.7 Å². The Morgan fingerprint density at radius 2 is 1.78 bits per heavy atom. The monoisotopic (exact) mass is 236 g/mol. The molecule has 3 rings (SSSR count). The molecule has 0 atom stereocenters. The zero-order valence-electron chi connectivity index (χ0n) is 9.81. The van der Waals surface area contributed by atoms with Crippen molar-refractivity contribution in [1.29, 1.82) is 0 Å². The van der Waals surface area contributed by atoms with E-state index in [1.54, 1.807) is 0 Å². The lowest BCUT2D eigenvalue weighted by Crippen LogP contribution is -2.01. The molecule has 0 bridgehead atoms. The average molecular weight is 236 g/mol. The first-order valence-corrected chi connectivity index (χ1v) is 5.81. The first-order chi connectivity index (χ1) is 8.68. The van der Waals surface area contributed by atoms with Crippen LogP contribution >= 0.6 is 0 Å². The maximum absolute atomic E-state index is 11.1. The van der Waals surface area contributed by atoms with Crippen LogP contribution in [0.1, 0.15) is 16.7 Å². The molecule has 0 fully saturated rings. The van der Waals surface area contributed by atoms with Gasteiger partial charge in [0.2, 0.25) is 0 Å². The van der Waals surface area contributed by atoms with Crippen LogP contribution in [0.25, 0.3) is 16.7 Å². The summed E-state index contributed by atoms with van der Waals surface area (Å²) in [5, 5.41) is 9.08. The predicted molar refractivity (Wildman–Crippen MR) is 71.4 cm³/mol. The molecule has 0 radical (unpaired) electrons. The third-order valence-electron chi connectivity index (χ3n) is 3.43. The summed E-state index contributed by atoms with van der Waals surface area (Å²) in [6.07, 6.45) is 0.786. The van der Waals surface area contributed by atoms with Crippen LogP contribution in [0.2, 0.25) is 0 Å². The zero-order chi connectivity index (χ0) is 12.7. The molecule has 2 heteroatoms. The van der Waals surface area contributed by atoms with E-state index in [1.807, 2.05) is 30.3 Å². The number of rotatable bonds is 2. The largest absolute Gasteiger partial charge is 0.478 e. The third kappa shape index (κ3) is 1.46. The summed E-state index contributed by atoms with van der Waals surface area (Å²) < 4.78 is 0. The van der Waals surface area contributed by atoms with Crippen LogP contribution in [0, 0.1) is 0 Å². The summed E-state index contributed by atoms with van der Waals surface area (Å²) in [4.78, 5) is 11.1. The molecular weight excluding hydrogens is 224 g/mol. The van der Waals surface area contributed by atoms with Gasteiger partial charge in [0, 0.05) is 0 Å². The second-order valence-electron chi connectivity index (χ2n) is 4.45. The zero-order valence-corrected chi connectivity index (χ0v) is 9.81. The summed E-state index contributed by atoms with van der Waals surface area (Å²) in [5.74, 6) is -0.959. The van der Waals surface area contributed by atoms with E-state index in [9.17, 15) is 4.79 Å². The average Bonchev–Trinajstić information content (AvgIpc) is 2.76. The number of hydrogen-bond donors (Lipinski definition) is 1. The van der Waals surface area contributed by atoms with E-state index in [-0.39, 0.29) is 5.57 Å². The van der Waals surface area contributed by atoms with Crippen molar-refractivity contribution in [2.45, 2.75) is 6.42 Å². The lowest BCUT2D eigenvalue weighted by atomic mass is 9.96. The van der Waals surface area contributed by atoms with Crippen LogP contribution < -0.4 is 0 Å². The second-order valence-corrected chi connectivity index (χ2v) is 4.45. The minimum atomic E-state index is -0.959. The fourth-order valence-corrected chi connectivity index (χ4v) is 2.56. The van der Waals surface area contributed by atoms with Crippen molar-refractivity contribution in [1.82, 2.24) is 0 Å². The quantitative estimate of drug-likeness (QED) is 0.693. The van der Waals surface area contributed by atoms with Crippen molar-refractivity contribution in [3.8, 4) is 11.1 Å². The van der Waals surface area contributed by atoms with E-state index < -0.39 is 5.97 Å². The fraction of sp³-hybridized carbons (Fsp3) is 0.0625. The molecule has 0 spiro atoms. The molecular formula is C16H12O2. The van der Waals surface area contributed by atoms with Gasteiger partial charge in [-0.25, -0.2) is 4.79 Å². The minimum Gasteiger partial charge on any atom is -0.478 e. The standard InChI is InChI=1S/C16H12O2/c1-10(16(17)18)12-7-4-8-14-13-6-3-2-5-11(13)9-15(12)14/h2-8H,1,9H2,(H,17,18).